The highest BCUT2D eigenvalue weighted by atomic mass is 127. The number of nitrogens with one attached hydrogen (secondary N) is 1. The minimum atomic E-state index is -0.0210. The molecule has 0 bridgehead atoms. The van der Waals surface area contributed by atoms with Crippen LogP contribution >= 0.6 is 22.6 Å². The van der Waals surface area contributed by atoms with Crippen molar-refractivity contribution in [2.75, 3.05) is 7.05 Å². The van der Waals surface area contributed by atoms with Crippen LogP contribution in [0.4, 0.5) is 0 Å². The first-order valence-corrected chi connectivity index (χ1v) is 9.02. The van der Waals surface area contributed by atoms with Gasteiger partial charge in [0.05, 0.1) is 5.56 Å². The van der Waals surface area contributed by atoms with Gasteiger partial charge in [0.15, 0.2) is 0 Å². The van der Waals surface area contributed by atoms with Gasteiger partial charge in [-0.1, -0.05) is 24.3 Å². The summed E-state index contributed by atoms with van der Waals surface area (Å²) in [4.78, 5) is 26.2. The molecule has 5 heteroatoms. The summed E-state index contributed by atoms with van der Waals surface area (Å²) < 4.78 is 0.944. The van der Waals surface area contributed by atoms with E-state index in [9.17, 15) is 9.59 Å². The van der Waals surface area contributed by atoms with Gasteiger partial charge < -0.3 is 10.2 Å². The van der Waals surface area contributed by atoms with Crippen LogP contribution in [0.2, 0.25) is 0 Å². The summed E-state index contributed by atoms with van der Waals surface area (Å²) in [6.07, 6.45) is 2.16. The molecule has 2 aromatic rings. The molecule has 0 aromatic heterocycles. The van der Waals surface area contributed by atoms with E-state index in [-0.39, 0.29) is 11.8 Å². The van der Waals surface area contributed by atoms with E-state index < -0.39 is 0 Å². The van der Waals surface area contributed by atoms with Crippen molar-refractivity contribution in [3.8, 4) is 0 Å². The lowest BCUT2D eigenvalue weighted by Crippen LogP contribution is -2.27. The van der Waals surface area contributed by atoms with Crippen LogP contribution in [0.3, 0.4) is 0 Å². The largest absolute Gasteiger partial charge is 0.349 e. The molecule has 1 N–H and O–H groups in total. The van der Waals surface area contributed by atoms with Gasteiger partial charge in [-0.3, -0.25) is 9.59 Å². The van der Waals surface area contributed by atoms with Crippen LogP contribution in [0.1, 0.15) is 39.1 Å². The number of hydrogen-bond acceptors (Lipinski definition) is 2. The fourth-order valence-electron chi connectivity index (χ4n) is 2.44. The molecule has 0 unspecified atom stereocenters. The predicted molar refractivity (Wildman–Crippen MR) is 102 cm³/mol. The number of carbonyl (C=O) groups excluding carboxylic acids is 2. The fraction of sp³-hybridized carbons (Fsp3) is 0.263. The van der Waals surface area contributed by atoms with Crippen molar-refractivity contribution in [1.29, 1.82) is 0 Å². The highest BCUT2D eigenvalue weighted by molar-refractivity contribution is 14.1. The van der Waals surface area contributed by atoms with Crippen LogP contribution in [0.15, 0.2) is 48.5 Å². The van der Waals surface area contributed by atoms with Crippen molar-refractivity contribution in [2.45, 2.75) is 25.4 Å². The normalized spacial score (nSPS) is 13.4. The summed E-state index contributed by atoms with van der Waals surface area (Å²) in [6, 6.07) is 15.4. The van der Waals surface area contributed by atoms with Crippen LogP contribution in [0.25, 0.3) is 0 Å². The van der Waals surface area contributed by atoms with E-state index in [0.717, 1.165) is 22.0 Å². The molecular formula is C19H19IN2O2. The molecule has 124 valence electrons. The highest BCUT2D eigenvalue weighted by Gasteiger charge is 2.23. The Kier molecular flexibility index (Phi) is 5.18. The molecule has 1 aliphatic rings. The van der Waals surface area contributed by atoms with E-state index in [1.54, 1.807) is 11.9 Å². The summed E-state index contributed by atoms with van der Waals surface area (Å²) in [6.45, 7) is 0.508. The van der Waals surface area contributed by atoms with Crippen LogP contribution < -0.4 is 5.32 Å². The van der Waals surface area contributed by atoms with Crippen LogP contribution in [0.5, 0.6) is 0 Å². The summed E-state index contributed by atoms with van der Waals surface area (Å²) in [5.74, 6) is -0.0251. The number of nitrogens with zero attached hydrogens (tertiary/aromatic N) is 1. The van der Waals surface area contributed by atoms with Gasteiger partial charge >= 0.3 is 0 Å². The van der Waals surface area contributed by atoms with Crippen molar-refractivity contribution in [2.24, 2.45) is 0 Å². The Balaban J connectivity index is 1.63. The average molecular weight is 434 g/mol. The zero-order chi connectivity index (χ0) is 17.1. The minimum Gasteiger partial charge on any atom is -0.349 e. The molecule has 2 amide bonds. The van der Waals surface area contributed by atoms with Crippen LogP contribution in [0, 0.1) is 3.57 Å². The molecular weight excluding hydrogens is 415 g/mol. The molecule has 3 rings (SSSR count). The van der Waals surface area contributed by atoms with Gasteiger partial charge in [-0.15, -0.1) is 0 Å². The Morgan fingerprint density at radius 3 is 2.42 bits per heavy atom. The second kappa shape index (κ2) is 7.34. The summed E-state index contributed by atoms with van der Waals surface area (Å²) in [5, 5.41) is 2.97. The second-order valence-electron chi connectivity index (χ2n) is 6.09. The quantitative estimate of drug-likeness (QED) is 0.734. The van der Waals surface area contributed by atoms with Gasteiger partial charge in [0, 0.05) is 28.8 Å². The predicted octanol–water partition coefficient (Wildman–Crippen LogP) is 3.46. The molecule has 0 atom stereocenters. The lowest BCUT2D eigenvalue weighted by atomic mass is 10.1. The molecule has 0 aliphatic heterocycles. The van der Waals surface area contributed by atoms with Crippen molar-refractivity contribution >= 4 is 34.4 Å². The molecule has 4 nitrogen and oxygen atoms in total. The van der Waals surface area contributed by atoms with E-state index in [4.69, 9.17) is 0 Å². The second-order valence-corrected chi connectivity index (χ2v) is 7.25. The Hall–Kier alpha value is -1.89. The van der Waals surface area contributed by atoms with Crippen molar-refractivity contribution in [3.63, 3.8) is 0 Å². The van der Waals surface area contributed by atoms with Gasteiger partial charge in [-0.05, 0) is 65.3 Å². The van der Waals surface area contributed by atoms with E-state index in [0.29, 0.717) is 23.7 Å². The Morgan fingerprint density at radius 2 is 1.79 bits per heavy atom. The SMILES string of the molecule is CN(Cc1ccc(C(=O)NC2CC2)cc1)C(=O)c1ccccc1I. The maximum Gasteiger partial charge on any atom is 0.254 e. The Labute approximate surface area is 155 Å². The zero-order valence-corrected chi connectivity index (χ0v) is 15.6. The smallest absolute Gasteiger partial charge is 0.254 e. The van der Waals surface area contributed by atoms with E-state index >= 15 is 0 Å². The number of amides is 2. The topological polar surface area (TPSA) is 49.4 Å². The molecule has 1 saturated carbocycles. The molecule has 0 radical (unpaired) electrons. The number of benzene rings is 2. The molecule has 0 saturated heterocycles. The van der Waals surface area contributed by atoms with Gasteiger partial charge in [0.25, 0.3) is 11.8 Å². The lowest BCUT2D eigenvalue weighted by molar-refractivity contribution is 0.0783. The average Bonchev–Trinajstić information content (AvgIpc) is 3.39. The number of carbonyl (C=O) groups is 2. The summed E-state index contributed by atoms with van der Waals surface area (Å²) >= 11 is 2.17. The summed E-state index contributed by atoms with van der Waals surface area (Å²) in [7, 11) is 1.79. The summed E-state index contributed by atoms with van der Waals surface area (Å²) in [5.41, 5.74) is 2.37. The van der Waals surface area contributed by atoms with E-state index in [1.165, 1.54) is 0 Å². The van der Waals surface area contributed by atoms with Gasteiger partial charge in [0.2, 0.25) is 0 Å². The van der Waals surface area contributed by atoms with Gasteiger partial charge in [-0.25, -0.2) is 0 Å². The standard InChI is InChI=1S/C19H19IN2O2/c1-22(19(24)16-4-2-3-5-17(16)20)12-13-6-8-14(9-7-13)18(23)21-15-10-11-15/h2-9,15H,10-12H2,1H3,(H,21,23). The third kappa shape index (κ3) is 4.14. The third-order valence-corrected chi connectivity index (χ3v) is 4.94. The van der Waals surface area contributed by atoms with Crippen molar-refractivity contribution in [1.82, 2.24) is 10.2 Å². The van der Waals surface area contributed by atoms with E-state index in [2.05, 4.69) is 27.9 Å². The molecule has 0 spiro atoms. The molecule has 0 heterocycles. The molecule has 1 fully saturated rings. The highest BCUT2D eigenvalue weighted by Crippen LogP contribution is 2.19. The maximum atomic E-state index is 12.5. The van der Waals surface area contributed by atoms with E-state index in [1.807, 2.05) is 48.5 Å². The molecule has 1 aliphatic carbocycles. The monoisotopic (exact) mass is 434 g/mol. The zero-order valence-electron chi connectivity index (χ0n) is 13.5. The fourth-order valence-corrected chi connectivity index (χ4v) is 3.06. The first-order chi connectivity index (χ1) is 11.5. The first kappa shape index (κ1) is 17.0. The molecule has 2 aromatic carbocycles. The maximum absolute atomic E-state index is 12.5. The lowest BCUT2D eigenvalue weighted by Gasteiger charge is -2.18. The number of hydrogen-bond donors (Lipinski definition) is 1. The van der Waals surface area contributed by atoms with Crippen molar-refractivity contribution in [3.05, 3.63) is 68.8 Å². The third-order valence-electron chi connectivity index (χ3n) is 4.00. The van der Waals surface area contributed by atoms with Crippen LogP contribution in [-0.2, 0) is 6.54 Å². The number of halogens is 1. The minimum absolute atomic E-state index is 0.00412. The van der Waals surface area contributed by atoms with Gasteiger partial charge in [-0.2, -0.15) is 0 Å². The number of rotatable bonds is 5. The van der Waals surface area contributed by atoms with Gasteiger partial charge in [0.1, 0.15) is 0 Å². The molecule has 24 heavy (non-hydrogen) atoms. The Morgan fingerprint density at radius 1 is 1.12 bits per heavy atom. The van der Waals surface area contributed by atoms with Crippen molar-refractivity contribution < 1.29 is 9.59 Å². The first-order valence-electron chi connectivity index (χ1n) is 7.94. The van der Waals surface area contributed by atoms with Crippen LogP contribution in [-0.4, -0.2) is 29.8 Å². The Bertz CT molecular complexity index is 754.